The molecule has 6 nitrogen and oxygen atoms in total. The van der Waals surface area contributed by atoms with Gasteiger partial charge in [-0.3, -0.25) is 14.2 Å². The molecule has 2 heterocycles. The molecule has 0 saturated carbocycles. The van der Waals surface area contributed by atoms with Crippen LogP contribution >= 0.6 is 0 Å². The minimum absolute atomic E-state index is 0.0816. The van der Waals surface area contributed by atoms with E-state index in [2.05, 4.69) is 10.3 Å². The Kier molecular flexibility index (Phi) is 4.94. The average Bonchev–Trinajstić information content (AvgIpc) is 2.61. The van der Waals surface area contributed by atoms with E-state index >= 15 is 0 Å². The van der Waals surface area contributed by atoms with Gasteiger partial charge in [-0.05, 0) is 44.5 Å². The molecule has 3 rings (SSSR count). The summed E-state index contributed by atoms with van der Waals surface area (Å²) in [6.45, 7) is 4.21. The first-order chi connectivity index (χ1) is 11.6. The molecule has 0 aliphatic carbocycles. The van der Waals surface area contributed by atoms with E-state index < -0.39 is 0 Å². The molecule has 24 heavy (non-hydrogen) atoms. The Hall–Kier alpha value is -2.21. The molecule has 2 aromatic rings. The van der Waals surface area contributed by atoms with Crippen LogP contribution in [0, 0.1) is 6.92 Å². The fourth-order valence-electron chi connectivity index (χ4n) is 3.29. The molecule has 1 fully saturated rings. The van der Waals surface area contributed by atoms with Gasteiger partial charge in [0.15, 0.2) is 0 Å². The first kappa shape index (κ1) is 16.6. The van der Waals surface area contributed by atoms with Crippen molar-refractivity contribution in [2.24, 2.45) is 0 Å². The number of nitrogens with zero attached hydrogens (tertiary/aromatic N) is 3. The van der Waals surface area contributed by atoms with E-state index in [1.165, 1.54) is 4.57 Å². The Morgan fingerprint density at radius 3 is 2.88 bits per heavy atom. The van der Waals surface area contributed by atoms with E-state index in [4.69, 9.17) is 0 Å². The summed E-state index contributed by atoms with van der Waals surface area (Å²) >= 11 is 0. The zero-order chi connectivity index (χ0) is 17.1. The number of aryl methyl sites for hydroxylation is 2. The van der Waals surface area contributed by atoms with Gasteiger partial charge < -0.3 is 10.2 Å². The third kappa shape index (κ3) is 3.33. The smallest absolute Gasteiger partial charge is 0.261 e. The van der Waals surface area contributed by atoms with Crippen molar-refractivity contribution in [1.29, 1.82) is 0 Å². The van der Waals surface area contributed by atoms with Gasteiger partial charge in [0.1, 0.15) is 0 Å². The lowest BCUT2D eigenvalue weighted by Gasteiger charge is -2.31. The van der Waals surface area contributed by atoms with Gasteiger partial charge in [0.2, 0.25) is 5.91 Å². The third-order valence-electron chi connectivity index (χ3n) is 4.87. The van der Waals surface area contributed by atoms with Crippen LogP contribution in [0.25, 0.3) is 10.9 Å². The van der Waals surface area contributed by atoms with Crippen LogP contribution in [-0.4, -0.2) is 46.5 Å². The SMILES string of the molecule is Cc1cccc2c(=O)n(CCC(=O)N(C)C3CCNCC3)cnc12. The number of amides is 1. The topological polar surface area (TPSA) is 67.2 Å². The van der Waals surface area contributed by atoms with Crippen molar-refractivity contribution in [3.63, 3.8) is 0 Å². The first-order valence-corrected chi connectivity index (χ1v) is 8.49. The number of nitrogens with one attached hydrogen (secondary N) is 1. The number of fused-ring (bicyclic) bond motifs is 1. The second-order valence-electron chi connectivity index (χ2n) is 6.45. The number of aromatic nitrogens is 2. The summed E-state index contributed by atoms with van der Waals surface area (Å²) in [5, 5.41) is 3.91. The predicted molar refractivity (Wildman–Crippen MR) is 94.0 cm³/mol. The van der Waals surface area contributed by atoms with Crippen LogP contribution in [0.5, 0.6) is 0 Å². The Bertz CT molecular complexity index is 793. The number of hydrogen-bond donors (Lipinski definition) is 1. The summed E-state index contributed by atoms with van der Waals surface area (Å²) in [7, 11) is 1.86. The van der Waals surface area contributed by atoms with Crippen LogP contribution in [0.1, 0.15) is 24.8 Å². The highest BCUT2D eigenvalue weighted by Crippen LogP contribution is 2.13. The molecule has 0 spiro atoms. The number of piperidine rings is 1. The van der Waals surface area contributed by atoms with Crippen LogP contribution in [0.3, 0.4) is 0 Å². The zero-order valence-corrected chi connectivity index (χ0v) is 14.3. The van der Waals surface area contributed by atoms with E-state index in [0.29, 0.717) is 24.4 Å². The molecule has 0 atom stereocenters. The molecule has 1 N–H and O–H groups in total. The van der Waals surface area contributed by atoms with Crippen molar-refractivity contribution in [1.82, 2.24) is 19.8 Å². The van der Waals surface area contributed by atoms with Gasteiger partial charge in [-0.25, -0.2) is 4.98 Å². The number of carbonyl (C=O) groups is 1. The number of rotatable bonds is 4. The molecule has 1 aliphatic heterocycles. The maximum absolute atomic E-state index is 12.6. The summed E-state index contributed by atoms with van der Waals surface area (Å²) in [5.74, 6) is 0.0816. The van der Waals surface area contributed by atoms with Crippen molar-refractivity contribution >= 4 is 16.8 Å². The molecule has 6 heteroatoms. The van der Waals surface area contributed by atoms with Gasteiger partial charge in [0.25, 0.3) is 5.56 Å². The summed E-state index contributed by atoms with van der Waals surface area (Å²) in [4.78, 5) is 31.2. The van der Waals surface area contributed by atoms with Gasteiger partial charge in [0.05, 0.1) is 17.2 Å². The maximum atomic E-state index is 12.6. The molecular formula is C18H24N4O2. The number of para-hydroxylation sites is 1. The zero-order valence-electron chi connectivity index (χ0n) is 14.3. The van der Waals surface area contributed by atoms with Crippen molar-refractivity contribution in [3.8, 4) is 0 Å². The fraction of sp³-hybridized carbons (Fsp3) is 0.500. The number of carbonyl (C=O) groups excluding carboxylic acids is 1. The monoisotopic (exact) mass is 328 g/mol. The van der Waals surface area contributed by atoms with Crippen molar-refractivity contribution in [2.75, 3.05) is 20.1 Å². The van der Waals surface area contributed by atoms with E-state index in [1.807, 2.05) is 31.0 Å². The molecule has 1 saturated heterocycles. The van der Waals surface area contributed by atoms with Crippen LogP contribution < -0.4 is 10.9 Å². The summed E-state index contributed by atoms with van der Waals surface area (Å²) in [6.07, 6.45) is 3.84. The maximum Gasteiger partial charge on any atom is 0.261 e. The van der Waals surface area contributed by atoms with Crippen molar-refractivity contribution < 1.29 is 4.79 Å². The highest BCUT2D eigenvalue weighted by Gasteiger charge is 2.21. The van der Waals surface area contributed by atoms with Gasteiger partial charge in [-0.1, -0.05) is 12.1 Å². The largest absolute Gasteiger partial charge is 0.343 e. The lowest BCUT2D eigenvalue weighted by atomic mass is 10.1. The minimum atomic E-state index is -0.0824. The quantitative estimate of drug-likeness (QED) is 0.919. The van der Waals surface area contributed by atoms with Gasteiger partial charge in [-0.2, -0.15) is 0 Å². The van der Waals surface area contributed by atoms with Crippen LogP contribution in [0.2, 0.25) is 0 Å². The molecule has 128 valence electrons. The summed E-state index contributed by atoms with van der Waals surface area (Å²) in [6, 6.07) is 5.89. The molecule has 1 aromatic heterocycles. The fourth-order valence-corrected chi connectivity index (χ4v) is 3.29. The Labute approximate surface area is 141 Å². The second-order valence-corrected chi connectivity index (χ2v) is 6.45. The van der Waals surface area contributed by atoms with E-state index in [1.54, 1.807) is 12.4 Å². The molecule has 0 radical (unpaired) electrons. The second kappa shape index (κ2) is 7.13. The van der Waals surface area contributed by atoms with Gasteiger partial charge in [-0.15, -0.1) is 0 Å². The average molecular weight is 328 g/mol. The number of hydrogen-bond acceptors (Lipinski definition) is 4. The molecule has 0 unspecified atom stereocenters. The normalized spacial score (nSPS) is 15.6. The minimum Gasteiger partial charge on any atom is -0.343 e. The highest BCUT2D eigenvalue weighted by atomic mass is 16.2. The molecule has 1 amide bonds. The van der Waals surface area contributed by atoms with E-state index in [0.717, 1.165) is 37.0 Å². The molecule has 1 aliphatic rings. The van der Waals surface area contributed by atoms with Crippen molar-refractivity contribution in [3.05, 3.63) is 40.4 Å². The number of benzene rings is 1. The Morgan fingerprint density at radius 2 is 2.12 bits per heavy atom. The van der Waals surface area contributed by atoms with Crippen molar-refractivity contribution in [2.45, 2.75) is 38.8 Å². The lowest BCUT2D eigenvalue weighted by molar-refractivity contribution is -0.132. The van der Waals surface area contributed by atoms with Crippen LogP contribution in [0.4, 0.5) is 0 Å². The van der Waals surface area contributed by atoms with E-state index in [-0.39, 0.29) is 11.5 Å². The summed E-state index contributed by atoms with van der Waals surface area (Å²) < 4.78 is 1.54. The molecule has 1 aromatic carbocycles. The lowest BCUT2D eigenvalue weighted by Crippen LogP contribution is -2.44. The van der Waals surface area contributed by atoms with E-state index in [9.17, 15) is 9.59 Å². The van der Waals surface area contributed by atoms with Crippen LogP contribution in [0.15, 0.2) is 29.3 Å². The van der Waals surface area contributed by atoms with Gasteiger partial charge >= 0.3 is 0 Å². The predicted octanol–water partition coefficient (Wildman–Crippen LogP) is 1.31. The molecule has 0 bridgehead atoms. The Balaban J connectivity index is 1.70. The van der Waals surface area contributed by atoms with Gasteiger partial charge in [0, 0.05) is 26.1 Å². The first-order valence-electron chi connectivity index (χ1n) is 8.49. The van der Waals surface area contributed by atoms with Crippen LogP contribution in [-0.2, 0) is 11.3 Å². The standard InChI is InChI=1S/C18H24N4O2/c1-13-4-3-5-15-17(13)20-12-22(18(15)24)11-8-16(23)21(2)14-6-9-19-10-7-14/h3-5,12,14,19H,6-11H2,1-2H3. The third-order valence-corrected chi connectivity index (χ3v) is 4.87. The Morgan fingerprint density at radius 1 is 1.38 bits per heavy atom. The highest BCUT2D eigenvalue weighted by molar-refractivity contribution is 5.80. The summed E-state index contributed by atoms with van der Waals surface area (Å²) in [5.41, 5.74) is 1.64. The molecular weight excluding hydrogens is 304 g/mol.